The molecule has 1 fully saturated rings. The minimum Gasteiger partial charge on any atom is -0.441 e. The number of carbonyl (C=O) groups is 1. The summed E-state index contributed by atoms with van der Waals surface area (Å²) in [7, 11) is 4.09. The van der Waals surface area contributed by atoms with E-state index in [1.54, 1.807) is 4.90 Å². The van der Waals surface area contributed by atoms with Gasteiger partial charge in [-0.25, -0.2) is 4.98 Å². The van der Waals surface area contributed by atoms with Crippen LogP contribution in [0, 0.1) is 18.3 Å². The summed E-state index contributed by atoms with van der Waals surface area (Å²) < 4.78 is 6.38. The molecule has 1 aliphatic rings. The number of hydrogen-bond donors (Lipinski definition) is 0. The monoisotopic (exact) mass is 367 g/mol. The number of likely N-dealkylation sites (N-methyl/N-ethyl adjacent to an activating group) is 1. The predicted molar refractivity (Wildman–Crippen MR) is 103 cm³/mol. The molecule has 1 aliphatic heterocycles. The number of quaternary nitrogens is 1. The van der Waals surface area contributed by atoms with E-state index < -0.39 is 0 Å². The molecule has 1 aromatic carbocycles. The summed E-state index contributed by atoms with van der Waals surface area (Å²) in [4.78, 5) is 19.0. The van der Waals surface area contributed by atoms with Crippen LogP contribution in [0.25, 0.3) is 11.5 Å². The lowest BCUT2D eigenvalue weighted by molar-refractivity contribution is -0.882. The number of aryl methyl sites for hydroxylation is 1. The first kappa shape index (κ1) is 19.1. The average Bonchev–Trinajstić information content (AvgIpc) is 3.27. The number of nitrogens with zero attached hydrogens (tertiary/aromatic N) is 4. The molecule has 1 aromatic heterocycles. The van der Waals surface area contributed by atoms with Crippen LogP contribution in [0.1, 0.15) is 24.3 Å². The Morgan fingerprint density at radius 1 is 1.37 bits per heavy atom. The van der Waals surface area contributed by atoms with Crippen molar-refractivity contribution >= 4 is 5.91 Å². The SMILES string of the molecule is Cc1oc(-c2ccccc2)nc1CC[N+](C)(C)CC(=O)N1CCC[C@H]1C#N. The first-order valence-corrected chi connectivity index (χ1v) is 9.42. The van der Waals surface area contributed by atoms with E-state index in [9.17, 15) is 10.1 Å². The Kier molecular flexibility index (Phi) is 5.62. The minimum absolute atomic E-state index is 0.0610. The van der Waals surface area contributed by atoms with Crippen molar-refractivity contribution in [2.45, 2.75) is 32.2 Å². The number of oxazole rings is 1. The molecule has 6 nitrogen and oxygen atoms in total. The van der Waals surface area contributed by atoms with E-state index in [1.165, 1.54) is 0 Å². The Morgan fingerprint density at radius 2 is 2.11 bits per heavy atom. The van der Waals surface area contributed by atoms with Gasteiger partial charge in [-0.05, 0) is 31.9 Å². The number of hydrogen-bond acceptors (Lipinski definition) is 4. The summed E-state index contributed by atoms with van der Waals surface area (Å²) in [6.07, 6.45) is 2.44. The van der Waals surface area contributed by atoms with Gasteiger partial charge in [0.1, 0.15) is 11.8 Å². The molecule has 0 saturated carbocycles. The molecule has 0 N–H and O–H groups in total. The van der Waals surface area contributed by atoms with Crippen LogP contribution in [0.2, 0.25) is 0 Å². The van der Waals surface area contributed by atoms with Gasteiger partial charge in [-0.15, -0.1) is 0 Å². The summed E-state index contributed by atoms with van der Waals surface area (Å²) >= 11 is 0. The van der Waals surface area contributed by atoms with Crippen molar-refractivity contribution in [2.75, 3.05) is 33.7 Å². The summed E-state index contributed by atoms with van der Waals surface area (Å²) in [5.74, 6) is 1.52. The fourth-order valence-electron chi connectivity index (χ4n) is 3.51. The molecule has 0 unspecified atom stereocenters. The van der Waals surface area contributed by atoms with Gasteiger partial charge in [-0.3, -0.25) is 4.79 Å². The Morgan fingerprint density at radius 3 is 2.81 bits per heavy atom. The van der Waals surface area contributed by atoms with Gasteiger partial charge in [0, 0.05) is 18.5 Å². The molecule has 2 heterocycles. The average molecular weight is 367 g/mol. The predicted octanol–water partition coefficient (Wildman–Crippen LogP) is 2.78. The van der Waals surface area contributed by atoms with Crippen LogP contribution in [0.15, 0.2) is 34.7 Å². The molecule has 142 valence electrons. The molecule has 2 aromatic rings. The second-order valence-electron chi connectivity index (χ2n) is 7.83. The van der Waals surface area contributed by atoms with Crippen molar-refractivity contribution in [2.24, 2.45) is 0 Å². The third kappa shape index (κ3) is 4.55. The zero-order valence-corrected chi connectivity index (χ0v) is 16.3. The first-order valence-electron chi connectivity index (χ1n) is 9.42. The minimum atomic E-state index is -0.260. The molecule has 0 aliphatic carbocycles. The smallest absolute Gasteiger partial charge is 0.278 e. The van der Waals surface area contributed by atoms with Crippen LogP contribution in [0.4, 0.5) is 0 Å². The van der Waals surface area contributed by atoms with E-state index in [-0.39, 0.29) is 11.9 Å². The van der Waals surface area contributed by atoms with E-state index >= 15 is 0 Å². The molecule has 0 bridgehead atoms. The molecule has 1 amide bonds. The summed E-state index contributed by atoms with van der Waals surface area (Å²) in [6.45, 7) is 3.79. The number of nitriles is 1. The van der Waals surface area contributed by atoms with Gasteiger partial charge in [0.25, 0.3) is 5.91 Å². The van der Waals surface area contributed by atoms with Crippen LogP contribution in [-0.4, -0.2) is 60.0 Å². The molecule has 6 heteroatoms. The fourth-order valence-corrected chi connectivity index (χ4v) is 3.51. The molecular formula is C21H27N4O2+. The van der Waals surface area contributed by atoms with Gasteiger partial charge >= 0.3 is 0 Å². The number of aromatic nitrogens is 1. The maximum absolute atomic E-state index is 12.6. The second-order valence-corrected chi connectivity index (χ2v) is 7.83. The van der Waals surface area contributed by atoms with Crippen LogP contribution in [-0.2, 0) is 11.2 Å². The number of carbonyl (C=O) groups excluding carboxylic acids is 1. The molecule has 0 radical (unpaired) electrons. The van der Waals surface area contributed by atoms with Crippen molar-refractivity contribution in [3.63, 3.8) is 0 Å². The lowest BCUT2D eigenvalue weighted by Crippen LogP contribution is -2.50. The van der Waals surface area contributed by atoms with Crippen LogP contribution in [0.5, 0.6) is 0 Å². The number of likely N-dealkylation sites (tertiary alicyclic amines) is 1. The molecule has 1 atom stereocenters. The first-order chi connectivity index (χ1) is 12.9. The van der Waals surface area contributed by atoms with Crippen LogP contribution < -0.4 is 0 Å². The normalized spacial score (nSPS) is 17.1. The zero-order valence-electron chi connectivity index (χ0n) is 16.3. The van der Waals surface area contributed by atoms with Crippen molar-refractivity contribution in [1.82, 2.24) is 9.88 Å². The van der Waals surface area contributed by atoms with Crippen LogP contribution in [0.3, 0.4) is 0 Å². The van der Waals surface area contributed by atoms with Crippen molar-refractivity contribution in [3.05, 3.63) is 41.8 Å². The Labute approximate surface area is 160 Å². The number of benzene rings is 1. The van der Waals surface area contributed by atoms with E-state index in [4.69, 9.17) is 4.42 Å². The highest BCUT2D eigenvalue weighted by atomic mass is 16.4. The highest BCUT2D eigenvalue weighted by Gasteiger charge is 2.32. The fraction of sp³-hybridized carbons (Fsp3) is 0.476. The highest BCUT2D eigenvalue weighted by molar-refractivity contribution is 5.78. The second kappa shape index (κ2) is 7.93. The van der Waals surface area contributed by atoms with Crippen molar-refractivity contribution in [1.29, 1.82) is 5.26 Å². The zero-order chi connectivity index (χ0) is 19.4. The Hall–Kier alpha value is -2.65. The Balaban J connectivity index is 1.61. The number of amides is 1. The van der Waals surface area contributed by atoms with Gasteiger partial charge in [-0.1, -0.05) is 18.2 Å². The standard InChI is InChI=1S/C21H27N4O2/c1-16-19(23-21(27-16)17-8-5-4-6-9-17)11-13-25(2,3)15-20(26)24-12-7-10-18(24)14-22/h4-6,8-9,18H,7,10-13,15H2,1-3H3/q+1/t18-/m0/s1. The van der Waals surface area contributed by atoms with Crippen molar-refractivity contribution < 1.29 is 13.7 Å². The molecule has 1 saturated heterocycles. The molecule has 27 heavy (non-hydrogen) atoms. The van der Waals surface area contributed by atoms with Gasteiger partial charge in [-0.2, -0.15) is 5.26 Å². The van der Waals surface area contributed by atoms with Gasteiger partial charge in [0.05, 0.1) is 32.4 Å². The lowest BCUT2D eigenvalue weighted by atomic mass is 10.2. The topological polar surface area (TPSA) is 70.1 Å². The number of rotatable bonds is 6. The highest BCUT2D eigenvalue weighted by Crippen LogP contribution is 2.22. The quantitative estimate of drug-likeness (QED) is 0.736. The summed E-state index contributed by atoms with van der Waals surface area (Å²) in [5, 5.41) is 9.19. The third-order valence-electron chi connectivity index (χ3n) is 5.15. The van der Waals surface area contributed by atoms with Gasteiger partial charge < -0.3 is 13.8 Å². The molecule has 0 spiro atoms. The van der Waals surface area contributed by atoms with E-state index in [1.807, 2.05) is 51.4 Å². The summed E-state index contributed by atoms with van der Waals surface area (Å²) in [5.41, 5.74) is 1.90. The summed E-state index contributed by atoms with van der Waals surface area (Å²) in [6, 6.07) is 11.8. The Bertz CT molecular complexity index is 836. The largest absolute Gasteiger partial charge is 0.441 e. The maximum atomic E-state index is 12.6. The third-order valence-corrected chi connectivity index (χ3v) is 5.15. The van der Waals surface area contributed by atoms with Crippen LogP contribution >= 0.6 is 0 Å². The van der Waals surface area contributed by atoms with E-state index in [0.29, 0.717) is 23.5 Å². The van der Waals surface area contributed by atoms with Gasteiger partial charge in [0.15, 0.2) is 6.54 Å². The lowest BCUT2D eigenvalue weighted by Gasteiger charge is -2.31. The molecular weight excluding hydrogens is 340 g/mol. The maximum Gasteiger partial charge on any atom is 0.278 e. The molecule has 3 rings (SSSR count). The van der Waals surface area contributed by atoms with E-state index in [2.05, 4.69) is 11.1 Å². The van der Waals surface area contributed by atoms with E-state index in [0.717, 1.165) is 42.8 Å². The van der Waals surface area contributed by atoms with Crippen molar-refractivity contribution in [3.8, 4) is 17.5 Å². The van der Waals surface area contributed by atoms with Gasteiger partial charge in [0.2, 0.25) is 5.89 Å².